The number of hydrogen-bond donors (Lipinski definition) is 0. The Hall–Kier alpha value is -1.82. The molecule has 2 aromatic carbocycles. The van der Waals surface area contributed by atoms with Crippen LogP contribution >= 0.6 is 0 Å². The molecule has 0 aliphatic heterocycles. The second-order valence-electron chi connectivity index (χ2n) is 8.81. The van der Waals surface area contributed by atoms with Gasteiger partial charge in [-0.25, -0.2) is 0 Å². The number of benzene rings is 2. The van der Waals surface area contributed by atoms with Gasteiger partial charge in [0.05, 0.1) is 0 Å². The van der Waals surface area contributed by atoms with E-state index in [1.807, 2.05) is 0 Å². The molecule has 0 saturated carbocycles. The summed E-state index contributed by atoms with van der Waals surface area (Å²) in [5.41, 5.74) is 13.9. The van der Waals surface area contributed by atoms with E-state index in [1.165, 1.54) is 79.2 Å². The van der Waals surface area contributed by atoms with Gasteiger partial charge in [0.1, 0.15) is 0 Å². The van der Waals surface area contributed by atoms with Crippen LogP contribution in [-0.4, -0.2) is 0 Å². The zero-order valence-electron chi connectivity index (χ0n) is 17.6. The third-order valence-corrected chi connectivity index (χ3v) is 6.76. The number of rotatable bonds is 7. The monoisotopic (exact) mass is 358 g/mol. The van der Waals surface area contributed by atoms with Gasteiger partial charge in [-0.05, 0) is 78.0 Å². The first kappa shape index (κ1) is 18.5. The summed E-state index contributed by atoms with van der Waals surface area (Å²) in [5.74, 6) is 0.862. The van der Waals surface area contributed by atoms with Gasteiger partial charge in [-0.3, -0.25) is 0 Å². The molecule has 0 saturated heterocycles. The number of fused-ring (bicyclic) bond motifs is 3. The highest BCUT2D eigenvalue weighted by Gasteiger charge is 2.32. The van der Waals surface area contributed by atoms with Crippen LogP contribution in [0.2, 0.25) is 0 Å². The molecule has 0 fully saturated rings. The van der Waals surface area contributed by atoms with Gasteiger partial charge in [-0.1, -0.05) is 87.4 Å². The molecule has 0 heterocycles. The average Bonchev–Trinajstić information content (AvgIpc) is 2.99. The van der Waals surface area contributed by atoms with Crippen LogP contribution in [0.1, 0.15) is 86.6 Å². The van der Waals surface area contributed by atoms with Crippen molar-refractivity contribution in [3.05, 3.63) is 63.7 Å². The van der Waals surface area contributed by atoms with Crippen LogP contribution in [-0.2, 0) is 6.42 Å². The zero-order valence-corrected chi connectivity index (χ0v) is 17.6. The van der Waals surface area contributed by atoms with Gasteiger partial charge in [-0.15, -0.1) is 0 Å². The van der Waals surface area contributed by atoms with E-state index in [4.69, 9.17) is 0 Å². The molecule has 0 spiro atoms. The minimum absolute atomic E-state index is 0.862. The lowest BCUT2D eigenvalue weighted by Gasteiger charge is -2.26. The molecule has 2 aliphatic carbocycles. The highest BCUT2D eigenvalue weighted by molar-refractivity contribution is 6.04. The molecule has 0 nitrogen and oxygen atoms in total. The summed E-state index contributed by atoms with van der Waals surface area (Å²) in [6, 6.07) is 11.8. The molecule has 4 rings (SSSR count). The standard InChI is InChI=1S/C27H34/c1-5-7-9-20(8-6-2)17-21-12-15-22-19(4)11-14-24-23-13-10-18(3)16-25(23)26(21)27(22)24/h10-11,13-14,16,20H,5-9,12,15,17H2,1-4H3. The van der Waals surface area contributed by atoms with Crippen molar-refractivity contribution in [3.8, 4) is 11.1 Å². The van der Waals surface area contributed by atoms with Gasteiger partial charge in [-0.2, -0.15) is 0 Å². The second-order valence-corrected chi connectivity index (χ2v) is 8.81. The van der Waals surface area contributed by atoms with Crippen molar-refractivity contribution >= 4 is 5.57 Å². The van der Waals surface area contributed by atoms with E-state index in [2.05, 4.69) is 58.0 Å². The maximum Gasteiger partial charge on any atom is -0.00645 e. The highest BCUT2D eigenvalue weighted by Crippen LogP contribution is 2.52. The van der Waals surface area contributed by atoms with Crippen molar-refractivity contribution in [1.29, 1.82) is 0 Å². The minimum atomic E-state index is 0.862. The van der Waals surface area contributed by atoms with Crippen LogP contribution in [0, 0.1) is 19.8 Å². The summed E-state index contributed by atoms with van der Waals surface area (Å²) < 4.78 is 0. The van der Waals surface area contributed by atoms with E-state index in [-0.39, 0.29) is 0 Å². The Labute approximate surface area is 165 Å². The fraction of sp³-hybridized carbons (Fsp3) is 0.481. The third kappa shape index (κ3) is 3.28. The fourth-order valence-electron chi connectivity index (χ4n) is 5.39. The number of hydrogen-bond acceptors (Lipinski definition) is 0. The molecule has 0 bridgehead atoms. The first-order valence-corrected chi connectivity index (χ1v) is 11.1. The van der Waals surface area contributed by atoms with Crippen molar-refractivity contribution in [2.24, 2.45) is 5.92 Å². The molecule has 27 heavy (non-hydrogen) atoms. The molecule has 0 amide bonds. The van der Waals surface area contributed by atoms with Crippen molar-refractivity contribution < 1.29 is 0 Å². The van der Waals surface area contributed by atoms with E-state index >= 15 is 0 Å². The quantitative estimate of drug-likeness (QED) is 0.401. The van der Waals surface area contributed by atoms with E-state index in [0.717, 1.165) is 5.92 Å². The normalized spacial score (nSPS) is 15.7. The molecule has 0 aromatic heterocycles. The van der Waals surface area contributed by atoms with Gasteiger partial charge in [0.15, 0.2) is 0 Å². The smallest absolute Gasteiger partial charge is 0.00645 e. The van der Waals surface area contributed by atoms with Gasteiger partial charge in [0.25, 0.3) is 0 Å². The van der Waals surface area contributed by atoms with Gasteiger partial charge < -0.3 is 0 Å². The van der Waals surface area contributed by atoms with Gasteiger partial charge >= 0.3 is 0 Å². The first-order valence-electron chi connectivity index (χ1n) is 11.1. The zero-order chi connectivity index (χ0) is 19.0. The molecule has 1 atom stereocenters. The summed E-state index contributed by atoms with van der Waals surface area (Å²) >= 11 is 0. The maximum atomic E-state index is 2.44. The van der Waals surface area contributed by atoms with Crippen molar-refractivity contribution in [2.75, 3.05) is 0 Å². The highest BCUT2D eigenvalue weighted by atomic mass is 14.4. The Morgan fingerprint density at radius 3 is 2.44 bits per heavy atom. The molecule has 0 radical (unpaired) electrons. The predicted octanol–water partition coefficient (Wildman–Crippen LogP) is 8.03. The molecule has 142 valence electrons. The van der Waals surface area contributed by atoms with Crippen LogP contribution in [0.25, 0.3) is 16.7 Å². The van der Waals surface area contributed by atoms with Crippen LogP contribution in [0.3, 0.4) is 0 Å². The molecular weight excluding hydrogens is 324 g/mol. The van der Waals surface area contributed by atoms with E-state index in [9.17, 15) is 0 Å². The lowest BCUT2D eigenvalue weighted by Crippen LogP contribution is -2.10. The summed E-state index contributed by atoms with van der Waals surface area (Å²) in [5, 5.41) is 0. The van der Waals surface area contributed by atoms with Crippen molar-refractivity contribution in [1.82, 2.24) is 0 Å². The summed E-state index contributed by atoms with van der Waals surface area (Å²) in [6.07, 6.45) is 10.6. The SMILES string of the molecule is CCCCC(CCC)CC1=C2c3cc(C)ccc3-c3ccc(C)c(c32)CC1. The summed E-state index contributed by atoms with van der Waals surface area (Å²) in [7, 11) is 0. The lowest BCUT2D eigenvalue weighted by molar-refractivity contribution is 0.422. The largest absolute Gasteiger partial charge is 0.0654 e. The Bertz CT molecular complexity index is 881. The first-order chi connectivity index (χ1) is 13.1. The molecule has 2 aromatic rings. The Kier molecular flexibility index (Phi) is 5.26. The van der Waals surface area contributed by atoms with Crippen molar-refractivity contribution in [3.63, 3.8) is 0 Å². The van der Waals surface area contributed by atoms with Crippen LogP contribution in [0.5, 0.6) is 0 Å². The number of allylic oxidation sites excluding steroid dienone is 1. The summed E-state index contributed by atoms with van der Waals surface area (Å²) in [4.78, 5) is 0. The van der Waals surface area contributed by atoms with Gasteiger partial charge in [0.2, 0.25) is 0 Å². The maximum absolute atomic E-state index is 2.44. The van der Waals surface area contributed by atoms with E-state index in [0.29, 0.717) is 0 Å². The Balaban J connectivity index is 1.83. The Morgan fingerprint density at radius 1 is 0.852 bits per heavy atom. The minimum Gasteiger partial charge on any atom is -0.0654 e. The number of aryl methyl sites for hydroxylation is 2. The third-order valence-electron chi connectivity index (χ3n) is 6.76. The van der Waals surface area contributed by atoms with Crippen LogP contribution in [0.15, 0.2) is 35.9 Å². The Morgan fingerprint density at radius 2 is 1.67 bits per heavy atom. The molecule has 1 unspecified atom stereocenters. The molecule has 0 N–H and O–H groups in total. The topological polar surface area (TPSA) is 0 Å². The summed E-state index contributed by atoms with van der Waals surface area (Å²) in [6.45, 7) is 9.21. The molecular formula is C27H34. The van der Waals surface area contributed by atoms with Crippen molar-refractivity contribution in [2.45, 2.75) is 79.1 Å². The van der Waals surface area contributed by atoms with E-state index < -0.39 is 0 Å². The van der Waals surface area contributed by atoms with Gasteiger partial charge in [0, 0.05) is 0 Å². The molecule has 0 heteroatoms. The number of unbranched alkanes of at least 4 members (excludes halogenated alkanes) is 1. The second kappa shape index (κ2) is 7.66. The lowest BCUT2D eigenvalue weighted by atomic mass is 9.78. The predicted molar refractivity (Wildman–Crippen MR) is 118 cm³/mol. The molecule has 2 aliphatic rings. The van der Waals surface area contributed by atoms with Crippen LogP contribution in [0.4, 0.5) is 0 Å². The fourth-order valence-corrected chi connectivity index (χ4v) is 5.39. The average molecular weight is 359 g/mol. The van der Waals surface area contributed by atoms with Crippen LogP contribution < -0.4 is 0 Å². The van der Waals surface area contributed by atoms with E-state index in [1.54, 1.807) is 22.3 Å².